The van der Waals surface area contributed by atoms with Gasteiger partial charge in [0.05, 0.1) is 11.9 Å². The summed E-state index contributed by atoms with van der Waals surface area (Å²) in [6.07, 6.45) is 1.60. The molecule has 0 aliphatic carbocycles. The number of hydrogen-bond acceptors (Lipinski definition) is 3. The van der Waals surface area contributed by atoms with Crippen LogP contribution in [-0.4, -0.2) is 23.1 Å². The highest BCUT2D eigenvalue weighted by atomic mass is 79.9. The van der Waals surface area contributed by atoms with E-state index >= 15 is 0 Å². The van der Waals surface area contributed by atoms with E-state index in [1.807, 2.05) is 13.1 Å². The molecule has 0 atom stereocenters. The summed E-state index contributed by atoms with van der Waals surface area (Å²) in [5.41, 5.74) is 0.888. The molecule has 1 rings (SSSR count). The van der Waals surface area contributed by atoms with Gasteiger partial charge in [-0.1, -0.05) is 5.16 Å². The fourth-order valence-corrected chi connectivity index (χ4v) is 1.15. The van der Waals surface area contributed by atoms with Crippen molar-refractivity contribution in [1.82, 2.24) is 9.78 Å². The zero-order valence-corrected chi connectivity index (χ0v) is 7.87. The maximum absolute atomic E-state index is 4.52. The summed E-state index contributed by atoms with van der Waals surface area (Å²) in [5, 5.41) is 7.66. The highest BCUT2D eigenvalue weighted by Crippen LogP contribution is 2.07. The van der Waals surface area contributed by atoms with E-state index in [0.29, 0.717) is 0 Å². The molecular weight excluding hydrogens is 210 g/mol. The van der Waals surface area contributed by atoms with E-state index in [0.717, 1.165) is 10.3 Å². The summed E-state index contributed by atoms with van der Waals surface area (Å²) in [6, 6.07) is 1.85. The van der Waals surface area contributed by atoms with Crippen molar-refractivity contribution in [2.45, 2.75) is 0 Å². The van der Waals surface area contributed by atoms with Crippen LogP contribution in [0.25, 0.3) is 0 Å². The average Bonchev–Trinajstić information content (AvgIpc) is 2.26. The summed E-state index contributed by atoms with van der Waals surface area (Å²) in [4.78, 5) is 4.52. The molecule has 60 valence electrons. The zero-order chi connectivity index (χ0) is 8.27. The molecule has 0 unspecified atom stereocenters. The third-order valence-electron chi connectivity index (χ3n) is 1.18. The van der Waals surface area contributed by atoms with Crippen LogP contribution in [0.5, 0.6) is 0 Å². The maximum Gasteiger partial charge on any atom is 0.128 e. The first-order chi connectivity index (χ1) is 5.24. The molecule has 1 heterocycles. The van der Waals surface area contributed by atoms with Crippen LogP contribution in [0.2, 0.25) is 0 Å². The van der Waals surface area contributed by atoms with E-state index in [4.69, 9.17) is 0 Å². The quantitative estimate of drug-likeness (QED) is 0.552. The number of hydrogen-bond donors (Lipinski definition) is 0. The van der Waals surface area contributed by atoms with Gasteiger partial charge in [-0.15, -0.1) is 0 Å². The maximum atomic E-state index is 4.52. The second kappa shape index (κ2) is 3.52. The lowest BCUT2D eigenvalue weighted by Crippen LogP contribution is -1.96. The Morgan fingerprint density at radius 2 is 2.55 bits per heavy atom. The Bertz CT molecular complexity index is 269. The summed E-state index contributed by atoms with van der Waals surface area (Å²) in [7, 11) is 3.34. The minimum absolute atomic E-state index is 0.789. The Hall–Kier alpha value is -0.840. The SMILES string of the molecule is CO/N=C/c1cc(Br)nn1C. The number of oxime groups is 1. The molecular formula is C6H8BrN3O. The smallest absolute Gasteiger partial charge is 0.128 e. The van der Waals surface area contributed by atoms with Gasteiger partial charge in [0.25, 0.3) is 0 Å². The van der Waals surface area contributed by atoms with Crippen molar-refractivity contribution < 1.29 is 4.84 Å². The summed E-state index contributed by atoms with van der Waals surface area (Å²) in [5.74, 6) is 0. The second-order valence-electron chi connectivity index (χ2n) is 1.93. The summed E-state index contributed by atoms with van der Waals surface area (Å²) >= 11 is 3.24. The molecule has 5 heteroatoms. The number of halogens is 1. The monoisotopic (exact) mass is 217 g/mol. The van der Waals surface area contributed by atoms with Crippen molar-refractivity contribution >= 4 is 22.1 Å². The number of aromatic nitrogens is 2. The van der Waals surface area contributed by atoms with E-state index in [2.05, 4.69) is 31.0 Å². The first kappa shape index (κ1) is 8.26. The van der Waals surface area contributed by atoms with Crippen molar-refractivity contribution in [3.63, 3.8) is 0 Å². The minimum atomic E-state index is 0.789. The predicted molar refractivity (Wildman–Crippen MR) is 45.5 cm³/mol. The number of rotatable bonds is 2. The molecule has 4 nitrogen and oxygen atoms in total. The van der Waals surface area contributed by atoms with Crippen LogP contribution in [0.3, 0.4) is 0 Å². The van der Waals surface area contributed by atoms with Crippen LogP contribution in [0.1, 0.15) is 5.69 Å². The van der Waals surface area contributed by atoms with Gasteiger partial charge >= 0.3 is 0 Å². The van der Waals surface area contributed by atoms with Gasteiger partial charge in [-0.2, -0.15) is 5.10 Å². The molecule has 0 aliphatic heterocycles. The molecule has 0 aliphatic rings. The van der Waals surface area contributed by atoms with E-state index in [-0.39, 0.29) is 0 Å². The molecule has 1 aromatic rings. The number of nitrogens with zero attached hydrogens (tertiary/aromatic N) is 3. The van der Waals surface area contributed by atoms with Crippen molar-refractivity contribution in [1.29, 1.82) is 0 Å². The predicted octanol–water partition coefficient (Wildman–Crippen LogP) is 1.16. The van der Waals surface area contributed by atoms with Crippen molar-refractivity contribution in [3.05, 3.63) is 16.4 Å². The molecule has 0 aromatic carbocycles. The first-order valence-electron chi connectivity index (χ1n) is 3.00. The van der Waals surface area contributed by atoms with E-state index < -0.39 is 0 Å². The Balaban J connectivity index is 2.85. The highest BCUT2D eigenvalue weighted by Gasteiger charge is 1.98. The van der Waals surface area contributed by atoms with Gasteiger partial charge < -0.3 is 4.84 Å². The Morgan fingerprint density at radius 1 is 1.82 bits per heavy atom. The lowest BCUT2D eigenvalue weighted by Gasteiger charge is -1.90. The van der Waals surface area contributed by atoms with Gasteiger partial charge in [-0.25, -0.2) is 0 Å². The van der Waals surface area contributed by atoms with Crippen LogP contribution < -0.4 is 0 Å². The van der Waals surface area contributed by atoms with Gasteiger partial charge in [0.15, 0.2) is 0 Å². The fraction of sp³-hybridized carbons (Fsp3) is 0.333. The van der Waals surface area contributed by atoms with E-state index in [1.165, 1.54) is 7.11 Å². The largest absolute Gasteiger partial charge is 0.399 e. The molecule has 0 saturated heterocycles. The van der Waals surface area contributed by atoms with Gasteiger partial charge in [-0.3, -0.25) is 4.68 Å². The third kappa shape index (κ3) is 2.04. The standard InChI is InChI=1S/C6H8BrN3O/c1-10-5(4-8-11-2)3-6(7)9-10/h3-4H,1-2H3/b8-4+. The first-order valence-corrected chi connectivity index (χ1v) is 3.79. The van der Waals surface area contributed by atoms with Crippen molar-refractivity contribution in [3.8, 4) is 0 Å². The molecule has 0 fully saturated rings. The van der Waals surface area contributed by atoms with Crippen molar-refractivity contribution in [2.75, 3.05) is 7.11 Å². The zero-order valence-electron chi connectivity index (χ0n) is 6.28. The third-order valence-corrected chi connectivity index (χ3v) is 1.56. The lowest BCUT2D eigenvalue weighted by molar-refractivity contribution is 0.215. The highest BCUT2D eigenvalue weighted by molar-refractivity contribution is 9.10. The van der Waals surface area contributed by atoms with Gasteiger partial charge in [0.1, 0.15) is 11.7 Å². The molecule has 0 spiro atoms. The molecule has 1 aromatic heterocycles. The van der Waals surface area contributed by atoms with Gasteiger partial charge in [-0.05, 0) is 22.0 Å². The van der Waals surface area contributed by atoms with Crippen LogP contribution in [0, 0.1) is 0 Å². The van der Waals surface area contributed by atoms with E-state index in [9.17, 15) is 0 Å². The normalized spacial score (nSPS) is 10.8. The molecule has 0 radical (unpaired) electrons. The average molecular weight is 218 g/mol. The minimum Gasteiger partial charge on any atom is -0.399 e. The van der Waals surface area contributed by atoms with Gasteiger partial charge in [0.2, 0.25) is 0 Å². The second-order valence-corrected chi connectivity index (χ2v) is 2.75. The topological polar surface area (TPSA) is 39.4 Å². The molecule has 0 amide bonds. The number of aryl methyl sites for hydroxylation is 1. The summed E-state index contributed by atoms with van der Waals surface area (Å²) < 4.78 is 2.49. The molecule has 0 saturated carbocycles. The Morgan fingerprint density at radius 3 is 3.00 bits per heavy atom. The fourth-order valence-electron chi connectivity index (χ4n) is 0.673. The van der Waals surface area contributed by atoms with Crippen molar-refractivity contribution in [2.24, 2.45) is 12.2 Å². The molecule has 0 N–H and O–H groups in total. The van der Waals surface area contributed by atoms with Crippen LogP contribution >= 0.6 is 15.9 Å². The van der Waals surface area contributed by atoms with E-state index in [1.54, 1.807) is 10.9 Å². The lowest BCUT2D eigenvalue weighted by atomic mass is 10.5. The molecule has 11 heavy (non-hydrogen) atoms. The van der Waals surface area contributed by atoms with Crippen LogP contribution in [0.4, 0.5) is 0 Å². The summed E-state index contributed by atoms with van der Waals surface area (Å²) in [6.45, 7) is 0. The molecule has 0 bridgehead atoms. The Kier molecular flexibility index (Phi) is 2.64. The van der Waals surface area contributed by atoms with Crippen LogP contribution in [-0.2, 0) is 11.9 Å². The van der Waals surface area contributed by atoms with Crippen LogP contribution in [0.15, 0.2) is 15.8 Å². The van der Waals surface area contributed by atoms with Gasteiger partial charge in [0, 0.05) is 7.05 Å². The Labute approximate surface area is 73.0 Å².